The van der Waals surface area contributed by atoms with Gasteiger partial charge in [-0.25, -0.2) is 9.78 Å². The summed E-state index contributed by atoms with van der Waals surface area (Å²) < 4.78 is 4.93. The predicted molar refractivity (Wildman–Crippen MR) is 84.5 cm³/mol. The van der Waals surface area contributed by atoms with Crippen molar-refractivity contribution < 1.29 is 14.3 Å². The summed E-state index contributed by atoms with van der Waals surface area (Å²) in [7, 11) is 0. The number of nitrogens with two attached hydrogens (primary N) is 1. The van der Waals surface area contributed by atoms with Gasteiger partial charge >= 0.3 is 5.97 Å². The zero-order valence-corrected chi connectivity index (χ0v) is 12.1. The first-order valence-corrected chi connectivity index (χ1v) is 6.91. The van der Waals surface area contributed by atoms with E-state index in [1.165, 1.54) is 0 Å². The molecule has 0 aliphatic carbocycles. The van der Waals surface area contributed by atoms with E-state index in [2.05, 4.69) is 9.97 Å². The second kappa shape index (κ2) is 6.23. The second-order valence-corrected chi connectivity index (χ2v) is 4.85. The minimum atomic E-state index is -0.703. The molecule has 2 aromatic heterocycles. The molecule has 0 fully saturated rings. The molecule has 6 nitrogen and oxygen atoms in total. The van der Waals surface area contributed by atoms with Crippen LogP contribution in [0.15, 0.2) is 54.9 Å². The first-order valence-electron chi connectivity index (χ1n) is 6.91. The highest BCUT2D eigenvalue weighted by molar-refractivity contribution is 6.05. The Labute approximate surface area is 131 Å². The van der Waals surface area contributed by atoms with Crippen molar-refractivity contribution in [3.8, 4) is 11.3 Å². The number of pyridine rings is 2. The molecule has 0 unspecified atom stereocenters. The number of hydrogen-bond acceptors (Lipinski definition) is 5. The van der Waals surface area contributed by atoms with Gasteiger partial charge in [0.15, 0.2) is 6.61 Å². The summed E-state index contributed by atoms with van der Waals surface area (Å²) in [6.45, 7) is -0.458. The highest BCUT2D eigenvalue weighted by Gasteiger charge is 2.15. The maximum absolute atomic E-state index is 12.3. The molecule has 1 amide bonds. The summed E-state index contributed by atoms with van der Waals surface area (Å²) in [5.74, 6) is -1.32. The van der Waals surface area contributed by atoms with Gasteiger partial charge in [-0.3, -0.25) is 9.78 Å². The molecule has 0 atom stereocenters. The van der Waals surface area contributed by atoms with Crippen LogP contribution >= 0.6 is 0 Å². The molecule has 0 aliphatic heterocycles. The quantitative estimate of drug-likeness (QED) is 0.743. The van der Waals surface area contributed by atoms with Crippen LogP contribution in [-0.4, -0.2) is 28.5 Å². The Balaban J connectivity index is 2.11. The zero-order chi connectivity index (χ0) is 16.2. The number of hydrogen-bond donors (Lipinski definition) is 1. The topological polar surface area (TPSA) is 95.2 Å². The van der Waals surface area contributed by atoms with Gasteiger partial charge in [0.25, 0.3) is 5.91 Å². The van der Waals surface area contributed by atoms with Crippen LogP contribution in [-0.2, 0) is 9.53 Å². The van der Waals surface area contributed by atoms with E-state index < -0.39 is 18.5 Å². The van der Waals surface area contributed by atoms with Crippen LogP contribution in [0.5, 0.6) is 0 Å². The van der Waals surface area contributed by atoms with Gasteiger partial charge < -0.3 is 10.5 Å². The number of esters is 1. The lowest BCUT2D eigenvalue weighted by molar-refractivity contribution is -0.121. The minimum Gasteiger partial charge on any atom is -0.452 e. The van der Waals surface area contributed by atoms with Crippen LogP contribution < -0.4 is 5.73 Å². The molecule has 23 heavy (non-hydrogen) atoms. The van der Waals surface area contributed by atoms with Crippen LogP contribution in [0.1, 0.15) is 10.4 Å². The van der Waals surface area contributed by atoms with Crippen molar-refractivity contribution in [3.05, 3.63) is 60.4 Å². The number of benzene rings is 1. The molecule has 0 saturated heterocycles. The van der Waals surface area contributed by atoms with Crippen molar-refractivity contribution in [2.75, 3.05) is 6.61 Å². The molecule has 3 aromatic rings. The van der Waals surface area contributed by atoms with Crippen LogP contribution in [0.2, 0.25) is 0 Å². The molecule has 0 spiro atoms. The van der Waals surface area contributed by atoms with Gasteiger partial charge in [0.2, 0.25) is 0 Å². The Bertz CT molecular complexity index is 879. The maximum Gasteiger partial charge on any atom is 0.339 e. The first kappa shape index (κ1) is 14.6. The molecular formula is C17H13N3O3. The van der Waals surface area contributed by atoms with E-state index in [4.69, 9.17) is 10.5 Å². The Morgan fingerprint density at radius 2 is 1.83 bits per heavy atom. The summed E-state index contributed by atoms with van der Waals surface area (Å²) in [6, 6.07) is 12.5. The average molecular weight is 307 g/mol. The van der Waals surface area contributed by atoms with E-state index in [1.807, 2.05) is 12.1 Å². The predicted octanol–water partition coefficient (Wildman–Crippen LogP) is 1.94. The molecule has 2 N–H and O–H groups in total. The molecule has 1 aromatic carbocycles. The number of rotatable bonds is 4. The molecule has 0 aliphatic rings. The molecule has 2 heterocycles. The summed E-state index contributed by atoms with van der Waals surface area (Å²) >= 11 is 0. The smallest absolute Gasteiger partial charge is 0.339 e. The van der Waals surface area contributed by atoms with E-state index in [1.54, 1.807) is 42.7 Å². The normalized spacial score (nSPS) is 10.4. The highest BCUT2D eigenvalue weighted by Crippen LogP contribution is 2.25. The monoisotopic (exact) mass is 307 g/mol. The molecule has 6 heteroatoms. The molecule has 114 valence electrons. The lowest BCUT2D eigenvalue weighted by Crippen LogP contribution is -2.21. The van der Waals surface area contributed by atoms with Crippen LogP contribution in [0.3, 0.4) is 0 Å². The first-order chi connectivity index (χ1) is 11.1. The third-order valence-electron chi connectivity index (χ3n) is 3.26. The van der Waals surface area contributed by atoms with Gasteiger partial charge in [0.05, 0.1) is 16.8 Å². The van der Waals surface area contributed by atoms with Crippen LogP contribution in [0, 0.1) is 0 Å². The maximum atomic E-state index is 12.3. The Morgan fingerprint density at radius 1 is 1.09 bits per heavy atom. The fraction of sp³-hybridized carbons (Fsp3) is 0.0588. The number of carbonyl (C=O) groups excluding carboxylic acids is 2. The summed E-state index contributed by atoms with van der Waals surface area (Å²) in [5, 5.41) is 0.653. The molecular weight excluding hydrogens is 294 g/mol. The standard InChI is InChI=1S/C17H13N3O3/c18-16(21)10-23-17(22)13-9-15(11-5-7-19-8-6-11)20-14-4-2-1-3-12(13)14/h1-9H,10H2,(H2,18,21). The van der Waals surface area contributed by atoms with E-state index in [0.29, 0.717) is 22.2 Å². The molecule has 3 rings (SSSR count). The van der Waals surface area contributed by atoms with Crippen molar-refractivity contribution in [1.29, 1.82) is 0 Å². The van der Waals surface area contributed by atoms with E-state index >= 15 is 0 Å². The van der Waals surface area contributed by atoms with Gasteiger partial charge in [0, 0.05) is 23.3 Å². The summed E-state index contributed by atoms with van der Waals surface area (Å²) in [4.78, 5) is 31.6. The fourth-order valence-corrected chi connectivity index (χ4v) is 2.23. The average Bonchev–Trinajstić information content (AvgIpc) is 2.59. The Kier molecular flexibility index (Phi) is 3.97. The Hall–Kier alpha value is -3.28. The van der Waals surface area contributed by atoms with Gasteiger partial charge in [0.1, 0.15) is 0 Å². The number of para-hydroxylation sites is 1. The van der Waals surface area contributed by atoms with Crippen molar-refractivity contribution in [2.45, 2.75) is 0 Å². The number of amides is 1. The van der Waals surface area contributed by atoms with Crippen molar-refractivity contribution in [2.24, 2.45) is 5.73 Å². The summed E-state index contributed by atoms with van der Waals surface area (Å²) in [6.07, 6.45) is 3.30. The van der Waals surface area contributed by atoms with Gasteiger partial charge in [-0.2, -0.15) is 0 Å². The lowest BCUT2D eigenvalue weighted by atomic mass is 10.0. The van der Waals surface area contributed by atoms with E-state index in [-0.39, 0.29) is 0 Å². The molecule has 0 bridgehead atoms. The van der Waals surface area contributed by atoms with Crippen LogP contribution in [0.25, 0.3) is 22.2 Å². The number of aromatic nitrogens is 2. The molecule has 0 radical (unpaired) electrons. The van der Waals surface area contributed by atoms with Crippen molar-refractivity contribution in [1.82, 2.24) is 9.97 Å². The lowest BCUT2D eigenvalue weighted by Gasteiger charge is -2.09. The van der Waals surface area contributed by atoms with Gasteiger partial charge in [-0.1, -0.05) is 18.2 Å². The van der Waals surface area contributed by atoms with Crippen LogP contribution in [0.4, 0.5) is 0 Å². The largest absolute Gasteiger partial charge is 0.452 e. The van der Waals surface area contributed by atoms with E-state index in [9.17, 15) is 9.59 Å². The van der Waals surface area contributed by atoms with Gasteiger partial charge in [-0.05, 0) is 24.3 Å². The fourth-order valence-electron chi connectivity index (χ4n) is 2.23. The number of carbonyl (C=O) groups is 2. The highest BCUT2D eigenvalue weighted by atomic mass is 16.5. The van der Waals surface area contributed by atoms with Crippen molar-refractivity contribution >= 4 is 22.8 Å². The van der Waals surface area contributed by atoms with E-state index in [0.717, 1.165) is 5.56 Å². The third-order valence-corrected chi connectivity index (χ3v) is 3.26. The number of nitrogens with zero attached hydrogens (tertiary/aromatic N) is 2. The van der Waals surface area contributed by atoms with Crippen molar-refractivity contribution in [3.63, 3.8) is 0 Å². The SMILES string of the molecule is NC(=O)COC(=O)c1cc(-c2ccncc2)nc2ccccc12. The number of primary amides is 1. The minimum absolute atomic E-state index is 0.337. The Morgan fingerprint density at radius 3 is 2.57 bits per heavy atom. The van der Waals surface area contributed by atoms with Gasteiger partial charge in [-0.15, -0.1) is 0 Å². The zero-order valence-electron chi connectivity index (χ0n) is 12.1. The molecule has 0 saturated carbocycles. The number of fused-ring (bicyclic) bond motifs is 1. The second-order valence-electron chi connectivity index (χ2n) is 4.85. The third kappa shape index (κ3) is 3.16. The number of ether oxygens (including phenoxy) is 1. The summed E-state index contributed by atoms with van der Waals surface area (Å²) in [5.41, 5.74) is 7.46.